The number of fused-ring (bicyclic) bond motifs is 3. The van der Waals surface area contributed by atoms with Gasteiger partial charge in [-0.25, -0.2) is 13.4 Å². The van der Waals surface area contributed by atoms with Crippen molar-refractivity contribution in [1.82, 2.24) is 14.3 Å². The number of benzene rings is 2. The molecule has 0 saturated carbocycles. The van der Waals surface area contributed by atoms with Crippen molar-refractivity contribution in [3.05, 3.63) is 69.3 Å². The molecule has 0 atom stereocenters. The van der Waals surface area contributed by atoms with Crippen molar-refractivity contribution < 1.29 is 17.9 Å². The molecule has 1 aliphatic carbocycles. The summed E-state index contributed by atoms with van der Waals surface area (Å²) in [6.07, 6.45) is 6.28. The maximum Gasteiger partial charge on any atom is 0.267 e. The van der Waals surface area contributed by atoms with Gasteiger partial charge in [0.2, 0.25) is 5.91 Å². The number of ether oxygens (including phenoxy) is 1. The monoisotopic (exact) mass is 651 g/mol. The molecule has 2 aliphatic rings. The van der Waals surface area contributed by atoms with E-state index >= 15 is 0 Å². The minimum absolute atomic E-state index is 0.0356. The van der Waals surface area contributed by atoms with Crippen LogP contribution in [0.3, 0.4) is 0 Å². The van der Waals surface area contributed by atoms with E-state index in [0.29, 0.717) is 57.9 Å². The Morgan fingerprint density at radius 1 is 1.07 bits per heavy atom. The molecule has 10 nitrogen and oxygen atoms in total. The van der Waals surface area contributed by atoms with E-state index in [2.05, 4.69) is 15.0 Å². The van der Waals surface area contributed by atoms with Crippen LogP contribution >= 0.6 is 23.1 Å². The molecule has 6 rings (SSSR count). The van der Waals surface area contributed by atoms with Crippen LogP contribution in [-0.4, -0.2) is 48.6 Å². The molecule has 230 valence electrons. The number of hydrogen-bond acceptors (Lipinski definition) is 9. The van der Waals surface area contributed by atoms with Gasteiger partial charge < -0.3 is 10.1 Å². The number of carbonyl (C=O) groups excluding carboxylic acids is 1. The first kappa shape index (κ1) is 30.4. The van der Waals surface area contributed by atoms with E-state index < -0.39 is 10.0 Å². The number of thiophene rings is 1. The van der Waals surface area contributed by atoms with Crippen molar-refractivity contribution in [2.24, 2.45) is 4.99 Å². The topological polar surface area (TPSA) is 132 Å². The Hall–Kier alpha value is -3.68. The molecule has 0 radical (unpaired) electrons. The molecule has 2 aromatic carbocycles. The van der Waals surface area contributed by atoms with Crippen LogP contribution in [-0.2, 0) is 27.7 Å². The van der Waals surface area contributed by atoms with Crippen molar-refractivity contribution in [2.45, 2.75) is 61.9 Å². The number of anilines is 1. The third-order valence-electron chi connectivity index (χ3n) is 7.50. The predicted octanol–water partition coefficient (Wildman–Crippen LogP) is 5.32. The zero-order valence-electron chi connectivity index (χ0n) is 24.3. The van der Waals surface area contributed by atoms with Crippen molar-refractivity contribution in [1.29, 1.82) is 0 Å². The number of nitrogens with one attached hydrogen (secondary N) is 2. The summed E-state index contributed by atoms with van der Waals surface area (Å²) in [7, 11) is -3.85. The summed E-state index contributed by atoms with van der Waals surface area (Å²) in [6.45, 7) is 3.05. The number of rotatable bonds is 9. The summed E-state index contributed by atoms with van der Waals surface area (Å²) in [5.41, 5.74) is 1.93. The van der Waals surface area contributed by atoms with Gasteiger partial charge in [0.25, 0.3) is 15.6 Å². The van der Waals surface area contributed by atoms with Crippen LogP contribution in [0.5, 0.6) is 5.75 Å². The van der Waals surface area contributed by atoms with Crippen LogP contribution in [0.1, 0.15) is 49.5 Å². The number of nitrogens with zero attached hydrogens (tertiary/aromatic N) is 3. The third kappa shape index (κ3) is 6.54. The second kappa shape index (κ2) is 13.1. The maximum atomic E-state index is 13.9. The highest BCUT2D eigenvalue weighted by atomic mass is 32.2. The Morgan fingerprint density at radius 2 is 1.91 bits per heavy atom. The number of amidine groups is 1. The van der Waals surface area contributed by atoms with Crippen LogP contribution in [0.2, 0.25) is 0 Å². The highest BCUT2D eigenvalue weighted by molar-refractivity contribution is 7.99. The number of aliphatic imine (C=N–C) groups is 1. The summed E-state index contributed by atoms with van der Waals surface area (Å²) in [5, 5.41) is 3.86. The van der Waals surface area contributed by atoms with Crippen molar-refractivity contribution in [3.8, 4) is 11.4 Å². The van der Waals surface area contributed by atoms with E-state index in [0.717, 1.165) is 55.9 Å². The van der Waals surface area contributed by atoms with E-state index in [1.165, 1.54) is 17.0 Å². The summed E-state index contributed by atoms with van der Waals surface area (Å²) in [6, 6.07) is 13.4. The molecule has 0 fully saturated rings. The molecule has 13 heteroatoms. The number of sulfonamides is 1. The maximum absolute atomic E-state index is 13.9. The van der Waals surface area contributed by atoms with Gasteiger partial charge in [0.1, 0.15) is 16.4 Å². The second-order valence-corrected chi connectivity index (χ2v) is 14.3. The van der Waals surface area contributed by atoms with Gasteiger partial charge in [0.15, 0.2) is 5.16 Å². The standard InChI is InChI=1S/C31H33N5O5S3/c1-2-41-22-15-13-21(14-16-22)36-30(38)28-24-10-7-11-25(24)43-29(28)34-31(36)42-19-27(37)33-20-8-6-9-23(18-20)44(39,40)35-26-12-4-3-5-17-32-26/h6,8-9,13-16,18H,2-5,7,10-12,17,19H2,1H3,(H,32,35)(H,33,37). The number of aromatic nitrogens is 2. The molecule has 4 aromatic rings. The zero-order valence-corrected chi connectivity index (χ0v) is 26.7. The number of hydrogen-bond donors (Lipinski definition) is 2. The molecule has 0 unspecified atom stereocenters. The Balaban J connectivity index is 1.22. The van der Waals surface area contributed by atoms with Crippen LogP contribution < -0.4 is 20.3 Å². The van der Waals surface area contributed by atoms with Gasteiger partial charge >= 0.3 is 0 Å². The fourth-order valence-electron chi connectivity index (χ4n) is 5.45. The predicted molar refractivity (Wildman–Crippen MR) is 175 cm³/mol. The minimum atomic E-state index is -3.85. The fourth-order valence-corrected chi connectivity index (χ4v) is 8.70. The molecule has 1 aliphatic heterocycles. The van der Waals surface area contributed by atoms with Gasteiger partial charge in [-0.3, -0.25) is 23.9 Å². The van der Waals surface area contributed by atoms with Crippen LogP contribution in [0, 0.1) is 0 Å². The molecular formula is C31H33N5O5S3. The van der Waals surface area contributed by atoms with E-state index in [9.17, 15) is 18.0 Å². The number of aryl methyl sites for hydroxylation is 2. The van der Waals surface area contributed by atoms with Gasteiger partial charge in [0.05, 0.1) is 28.3 Å². The van der Waals surface area contributed by atoms with E-state index in [1.807, 2.05) is 31.2 Å². The lowest BCUT2D eigenvalue weighted by Gasteiger charge is -2.14. The van der Waals surface area contributed by atoms with Crippen LogP contribution in [0.25, 0.3) is 15.9 Å². The first-order chi connectivity index (χ1) is 21.3. The van der Waals surface area contributed by atoms with Gasteiger partial charge in [0, 0.05) is 23.5 Å². The fraction of sp³-hybridized carbons (Fsp3) is 0.355. The summed E-state index contributed by atoms with van der Waals surface area (Å²) >= 11 is 2.71. The molecule has 0 bridgehead atoms. The van der Waals surface area contributed by atoms with E-state index in [-0.39, 0.29) is 22.1 Å². The van der Waals surface area contributed by atoms with Gasteiger partial charge in [-0.15, -0.1) is 11.3 Å². The lowest BCUT2D eigenvalue weighted by Crippen LogP contribution is -2.30. The number of amides is 1. The normalized spacial score (nSPS) is 15.0. The molecule has 2 aromatic heterocycles. The second-order valence-electron chi connectivity index (χ2n) is 10.6. The molecular weight excluding hydrogens is 619 g/mol. The summed E-state index contributed by atoms with van der Waals surface area (Å²) in [4.78, 5) is 38.2. The Kier molecular flexibility index (Phi) is 9.06. The Labute approximate surface area is 264 Å². The average molecular weight is 652 g/mol. The minimum Gasteiger partial charge on any atom is -0.494 e. The lowest BCUT2D eigenvalue weighted by atomic mass is 10.2. The first-order valence-electron chi connectivity index (χ1n) is 14.7. The zero-order chi connectivity index (χ0) is 30.7. The summed E-state index contributed by atoms with van der Waals surface area (Å²) in [5.74, 6) is 0.774. The van der Waals surface area contributed by atoms with Crippen molar-refractivity contribution in [3.63, 3.8) is 0 Å². The van der Waals surface area contributed by atoms with Crippen molar-refractivity contribution in [2.75, 3.05) is 24.2 Å². The molecule has 0 saturated heterocycles. The van der Waals surface area contributed by atoms with E-state index in [4.69, 9.17) is 9.72 Å². The number of carbonyl (C=O) groups is 1. The largest absolute Gasteiger partial charge is 0.494 e. The molecule has 2 N–H and O–H groups in total. The van der Waals surface area contributed by atoms with E-state index in [1.54, 1.807) is 28.0 Å². The third-order valence-corrected chi connectivity index (χ3v) is 11.0. The highest BCUT2D eigenvalue weighted by Crippen LogP contribution is 2.36. The van der Waals surface area contributed by atoms with Gasteiger partial charge in [-0.2, -0.15) is 0 Å². The lowest BCUT2D eigenvalue weighted by molar-refractivity contribution is -0.113. The summed E-state index contributed by atoms with van der Waals surface area (Å²) < 4.78 is 35.8. The molecule has 44 heavy (non-hydrogen) atoms. The molecule has 1 amide bonds. The molecule has 3 heterocycles. The highest BCUT2D eigenvalue weighted by Gasteiger charge is 2.24. The SMILES string of the molecule is CCOc1ccc(-n2c(SCC(=O)Nc3cccc(S(=O)(=O)NC4=NCCCCC4)c3)nc3sc4c(c3c2=O)CCC4)cc1. The Morgan fingerprint density at radius 3 is 2.73 bits per heavy atom. The van der Waals surface area contributed by atoms with Crippen LogP contribution in [0.15, 0.2) is 68.4 Å². The number of thioether (sulfide) groups is 1. The van der Waals surface area contributed by atoms with Crippen LogP contribution in [0.4, 0.5) is 5.69 Å². The van der Waals surface area contributed by atoms with Crippen molar-refractivity contribution >= 4 is 60.8 Å². The molecule has 0 spiro atoms. The Bertz CT molecular complexity index is 1900. The average Bonchev–Trinajstić information content (AvgIpc) is 3.50. The van der Waals surface area contributed by atoms with Gasteiger partial charge in [-0.05, 0) is 87.1 Å². The first-order valence-corrected chi connectivity index (χ1v) is 18.0. The smallest absolute Gasteiger partial charge is 0.267 e. The quantitative estimate of drug-likeness (QED) is 0.185. The van der Waals surface area contributed by atoms with Gasteiger partial charge in [-0.1, -0.05) is 24.2 Å².